The minimum Gasteiger partial charge on any atom is -0.315 e. The predicted molar refractivity (Wildman–Crippen MR) is 56.7 cm³/mol. The van der Waals surface area contributed by atoms with Gasteiger partial charge in [-0.3, -0.25) is 4.79 Å². The number of rotatable bonds is 1. The van der Waals surface area contributed by atoms with Crippen molar-refractivity contribution < 1.29 is 0 Å². The number of pyridine rings is 1. The lowest BCUT2D eigenvalue weighted by atomic mass is 10.2. The molecule has 1 fully saturated rings. The molecule has 1 unspecified atom stereocenters. The number of nitriles is 1. The van der Waals surface area contributed by atoms with Gasteiger partial charge in [-0.05, 0) is 32.0 Å². The molecule has 1 atom stereocenters. The highest BCUT2D eigenvalue weighted by Crippen LogP contribution is 2.15. The number of hydrogen-bond donors (Lipinski definition) is 1. The summed E-state index contributed by atoms with van der Waals surface area (Å²) in [7, 11) is 0. The molecule has 0 radical (unpaired) electrons. The van der Waals surface area contributed by atoms with Gasteiger partial charge in [-0.2, -0.15) is 5.26 Å². The van der Waals surface area contributed by atoms with Crippen molar-refractivity contribution >= 4 is 0 Å². The first-order chi connectivity index (χ1) is 7.24. The first-order valence-corrected chi connectivity index (χ1v) is 5.07. The van der Waals surface area contributed by atoms with Gasteiger partial charge in [-0.1, -0.05) is 0 Å². The lowest BCUT2D eigenvalue weighted by Gasteiger charge is -2.16. The minimum atomic E-state index is -0.161. The molecule has 2 heterocycles. The highest BCUT2D eigenvalue weighted by Gasteiger charge is 2.19. The molecule has 1 saturated heterocycles. The molecule has 0 amide bonds. The lowest BCUT2D eigenvalue weighted by Crippen LogP contribution is -2.29. The van der Waals surface area contributed by atoms with Crippen molar-refractivity contribution in [2.24, 2.45) is 0 Å². The average molecular weight is 203 g/mol. The van der Waals surface area contributed by atoms with E-state index in [2.05, 4.69) is 5.32 Å². The van der Waals surface area contributed by atoms with Crippen LogP contribution < -0.4 is 10.9 Å². The van der Waals surface area contributed by atoms with Crippen LogP contribution >= 0.6 is 0 Å². The highest BCUT2D eigenvalue weighted by atomic mass is 16.1. The molecule has 0 saturated carbocycles. The Morgan fingerprint density at radius 3 is 3.00 bits per heavy atom. The van der Waals surface area contributed by atoms with Crippen molar-refractivity contribution in [3.8, 4) is 6.07 Å². The monoisotopic (exact) mass is 203 g/mol. The highest BCUT2D eigenvalue weighted by molar-refractivity contribution is 5.27. The largest absolute Gasteiger partial charge is 0.315 e. The van der Waals surface area contributed by atoms with Gasteiger partial charge in [0.05, 0.1) is 6.04 Å². The first kappa shape index (κ1) is 9.94. The summed E-state index contributed by atoms with van der Waals surface area (Å²) < 4.78 is 1.73. The van der Waals surface area contributed by atoms with Gasteiger partial charge >= 0.3 is 0 Å². The molecule has 1 aliphatic heterocycles. The van der Waals surface area contributed by atoms with Gasteiger partial charge in [0.15, 0.2) is 0 Å². The van der Waals surface area contributed by atoms with Crippen molar-refractivity contribution in [1.82, 2.24) is 9.88 Å². The van der Waals surface area contributed by atoms with E-state index in [1.54, 1.807) is 10.6 Å². The van der Waals surface area contributed by atoms with E-state index in [1.807, 2.05) is 19.1 Å². The Hall–Kier alpha value is -1.60. The van der Waals surface area contributed by atoms with E-state index in [-0.39, 0.29) is 17.2 Å². The van der Waals surface area contributed by atoms with Gasteiger partial charge in [0.2, 0.25) is 0 Å². The zero-order valence-electron chi connectivity index (χ0n) is 8.66. The Bertz CT molecular complexity index is 464. The van der Waals surface area contributed by atoms with Crippen LogP contribution in [0.3, 0.4) is 0 Å². The topological polar surface area (TPSA) is 57.8 Å². The molecule has 0 bridgehead atoms. The van der Waals surface area contributed by atoms with E-state index in [0.717, 1.165) is 25.2 Å². The fourth-order valence-corrected chi connectivity index (χ4v) is 2.04. The molecule has 0 aliphatic carbocycles. The molecule has 1 aromatic heterocycles. The normalized spacial score (nSPS) is 20.1. The number of nitrogens with one attached hydrogen (secondary N) is 1. The summed E-state index contributed by atoms with van der Waals surface area (Å²) in [6, 6.07) is 5.56. The fraction of sp³-hybridized carbons (Fsp3) is 0.455. The fourth-order valence-electron chi connectivity index (χ4n) is 2.04. The van der Waals surface area contributed by atoms with Crippen LogP contribution in [0.25, 0.3) is 0 Å². The molecule has 2 rings (SSSR count). The van der Waals surface area contributed by atoms with Crippen LogP contribution in [0.2, 0.25) is 0 Å². The van der Waals surface area contributed by atoms with Crippen molar-refractivity contribution in [3.05, 3.63) is 33.7 Å². The Balaban J connectivity index is 2.54. The van der Waals surface area contributed by atoms with Crippen molar-refractivity contribution in [2.45, 2.75) is 19.4 Å². The van der Waals surface area contributed by atoms with Crippen LogP contribution in [0.4, 0.5) is 0 Å². The summed E-state index contributed by atoms with van der Waals surface area (Å²) in [5.41, 5.74) is 0.992. The number of aromatic nitrogens is 1. The molecule has 1 N–H and O–H groups in total. The van der Waals surface area contributed by atoms with E-state index in [0.29, 0.717) is 0 Å². The van der Waals surface area contributed by atoms with Crippen molar-refractivity contribution in [2.75, 3.05) is 13.1 Å². The Labute approximate surface area is 88.1 Å². The second kappa shape index (κ2) is 3.87. The molecule has 0 aromatic carbocycles. The molecule has 0 spiro atoms. The second-order valence-corrected chi connectivity index (χ2v) is 3.82. The third kappa shape index (κ3) is 1.66. The molecule has 15 heavy (non-hydrogen) atoms. The second-order valence-electron chi connectivity index (χ2n) is 3.82. The van der Waals surface area contributed by atoms with Crippen LogP contribution in [0.15, 0.2) is 16.9 Å². The molecule has 4 heteroatoms. The van der Waals surface area contributed by atoms with Gasteiger partial charge in [-0.15, -0.1) is 0 Å². The van der Waals surface area contributed by atoms with E-state index >= 15 is 0 Å². The first-order valence-electron chi connectivity index (χ1n) is 5.07. The predicted octanol–water partition coefficient (Wildman–Crippen LogP) is 0.563. The SMILES string of the molecule is Cc1ccc(C#N)c(=O)n1C1CCNC1. The Kier molecular flexibility index (Phi) is 2.57. The Morgan fingerprint density at radius 2 is 2.40 bits per heavy atom. The smallest absolute Gasteiger partial charge is 0.268 e. The van der Waals surface area contributed by atoms with Crippen LogP contribution in [0.1, 0.15) is 23.7 Å². The molecule has 78 valence electrons. The van der Waals surface area contributed by atoms with E-state index in [1.165, 1.54) is 0 Å². The van der Waals surface area contributed by atoms with E-state index in [9.17, 15) is 4.79 Å². The standard InChI is InChI=1S/C11H13N3O/c1-8-2-3-9(6-12)11(15)14(8)10-4-5-13-7-10/h2-3,10,13H,4-5,7H2,1H3. The van der Waals surface area contributed by atoms with Crippen molar-refractivity contribution in [3.63, 3.8) is 0 Å². The zero-order valence-corrected chi connectivity index (χ0v) is 8.66. The van der Waals surface area contributed by atoms with E-state index in [4.69, 9.17) is 5.26 Å². The summed E-state index contributed by atoms with van der Waals surface area (Å²) in [5, 5.41) is 12.0. The minimum absolute atomic E-state index is 0.161. The van der Waals surface area contributed by atoms with Crippen LogP contribution in [0.5, 0.6) is 0 Å². The number of nitrogens with zero attached hydrogens (tertiary/aromatic N) is 2. The van der Waals surface area contributed by atoms with Crippen LogP contribution in [-0.2, 0) is 0 Å². The van der Waals surface area contributed by atoms with Crippen LogP contribution in [-0.4, -0.2) is 17.7 Å². The van der Waals surface area contributed by atoms with Gasteiger partial charge in [0.25, 0.3) is 5.56 Å². The summed E-state index contributed by atoms with van der Waals surface area (Å²) in [4.78, 5) is 11.9. The number of aryl methyl sites for hydroxylation is 1. The quantitative estimate of drug-likeness (QED) is 0.725. The summed E-state index contributed by atoms with van der Waals surface area (Å²) in [5.74, 6) is 0. The third-order valence-electron chi connectivity index (χ3n) is 2.84. The summed E-state index contributed by atoms with van der Waals surface area (Å²) in [6.07, 6.45) is 0.954. The maximum atomic E-state index is 11.9. The van der Waals surface area contributed by atoms with Gasteiger partial charge in [-0.25, -0.2) is 0 Å². The molecule has 4 nitrogen and oxygen atoms in total. The van der Waals surface area contributed by atoms with Gasteiger partial charge in [0.1, 0.15) is 11.6 Å². The molecule has 1 aromatic rings. The zero-order chi connectivity index (χ0) is 10.8. The third-order valence-corrected chi connectivity index (χ3v) is 2.84. The molecular formula is C11H13N3O. The van der Waals surface area contributed by atoms with Crippen LogP contribution in [0, 0.1) is 18.3 Å². The maximum Gasteiger partial charge on any atom is 0.268 e. The number of hydrogen-bond acceptors (Lipinski definition) is 3. The maximum absolute atomic E-state index is 11.9. The summed E-state index contributed by atoms with van der Waals surface area (Å²) >= 11 is 0. The van der Waals surface area contributed by atoms with Gasteiger partial charge in [0, 0.05) is 12.2 Å². The van der Waals surface area contributed by atoms with Gasteiger partial charge < -0.3 is 9.88 Å². The lowest BCUT2D eigenvalue weighted by molar-refractivity contribution is 0.516. The molecular weight excluding hydrogens is 190 g/mol. The van der Waals surface area contributed by atoms with E-state index < -0.39 is 0 Å². The molecule has 1 aliphatic rings. The van der Waals surface area contributed by atoms with Crippen molar-refractivity contribution in [1.29, 1.82) is 5.26 Å². The average Bonchev–Trinajstić information content (AvgIpc) is 2.71. The summed E-state index contributed by atoms with van der Waals surface area (Å²) in [6.45, 7) is 3.66. The Morgan fingerprint density at radius 1 is 1.60 bits per heavy atom.